The Bertz CT molecular complexity index is 545. The first kappa shape index (κ1) is 10.7. The van der Waals surface area contributed by atoms with Gasteiger partial charge < -0.3 is 5.73 Å². The standard InChI is InChI=1S/C14H12FNS/c15-9-5-6-13(16)11(7-9)12-8-17-14-4-2-1-3-10(12)14/h1-8,10,14H,16H2. The first-order valence-electron chi connectivity index (χ1n) is 5.51. The molecule has 0 radical (unpaired) electrons. The molecule has 3 heteroatoms. The fraction of sp³-hybridized carbons (Fsp3) is 0.143. The summed E-state index contributed by atoms with van der Waals surface area (Å²) in [7, 11) is 0. The molecule has 1 aromatic rings. The van der Waals surface area contributed by atoms with E-state index in [4.69, 9.17) is 5.73 Å². The van der Waals surface area contributed by atoms with Crippen LogP contribution in [0.3, 0.4) is 0 Å². The van der Waals surface area contributed by atoms with Gasteiger partial charge in [-0.15, -0.1) is 11.8 Å². The number of rotatable bonds is 1. The molecule has 1 aliphatic heterocycles. The fourth-order valence-electron chi connectivity index (χ4n) is 2.25. The molecule has 0 saturated heterocycles. The van der Waals surface area contributed by atoms with Crippen LogP contribution < -0.4 is 5.73 Å². The molecule has 0 spiro atoms. The Balaban J connectivity index is 2.02. The molecule has 2 atom stereocenters. The number of nitrogen functional groups attached to an aromatic ring is 1. The van der Waals surface area contributed by atoms with Crippen molar-refractivity contribution < 1.29 is 4.39 Å². The Hall–Kier alpha value is -1.48. The van der Waals surface area contributed by atoms with Crippen LogP contribution in [-0.4, -0.2) is 5.25 Å². The molecular formula is C14H12FNS. The van der Waals surface area contributed by atoms with Gasteiger partial charge in [0.1, 0.15) is 5.82 Å². The number of hydrogen-bond acceptors (Lipinski definition) is 2. The minimum Gasteiger partial charge on any atom is -0.398 e. The second kappa shape index (κ2) is 4.08. The lowest BCUT2D eigenvalue weighted by atomic mass is 9.88. The number of benzene rings is 1. The molecule has 1 aliphatic carbocycles. The predicted octanol–water partition coefficient (Wildman–Crippen LogP) is 3.61. The van der Waals surface area contributed by atoms with Crippen molar-refractivity contribution in [3.05, 3.63) is 59.3 Å². The molecule has 1 aromatic carbocycles. The van der Waals surface area contributed by atoms with Gasteiger partial charge in [0.25, 0.3) is 0 Å². The molecule has 0 bridgehead atoms. The van der Waals surface area contributed by atoms with Crippen molar-refractivity contribution in [3.8, 4) is 0 Å². The average Bonchev–Trinajstić information content (AvgIpc) is 2.76. The molecule has 86 valence electrons. The Morgan fingerprint density at radius 2 is 2.00 bits per heavy atom. The lowest BCUT2D eigenvalue weighted by molar-refractivity contribution is 0.627. The number of hydrogen-bond donors (Lipinski definition) is 1. The van der Waals surface area contributed by atoms with Crippen LogP contribution in [0.5, 0.6) is 0 Å². The van der Waals surface area contributed by atoms with Gasteiger partial charge in [-0.25, -0.2) is 4.39 Å². The zero-order chi connectivity index (χ0) is 11.8. The summed E-state index contributed by atoms with van der Waals surface area (Å²) in [6.07, 6.45) is 8.42. The summed E-state index contributed by atoms with van der Waals surface area (Å²) in [6.45, 7) is 0. The van der Waals surface area contributed by atoms with Gasteiger partial charge in [-0.05, 0) is 29.2 Å². The lowest BCUT2D eigenvalue weighted by Crippen LogP contribution is -2.12. The number of allylic oxidation sites excluding steroid dienone is 4. The SMILES string of the molecule is Nc1ccc(F)cc1C1=CSC2C=CC=CC12. The van der Waals surface area contributed by atoms with E-state index in [0.717, 1.165) is 11.1 Å². The number of halogens is 1. The maximum atomic E-state index is 13.3. The van der Waals surface area contributed by atoms with E-state index in [-0.39, 0.29) is 5.82 Å². The first-order chi connectivity index (χ1) is 8.25. The van der Waals surface area contributed by atoms with Crippen molar-refractivity contribution in [2.24, 2.45) is 5.92 Å². The summed E-state index contributed by atoms with van der Waals surface area (Å²) >= 11 is 1.77. The van der Waals surface area contributed by atoms with Gasteiger partial charge in [0.15, 0.2) is 0 Å². The number of nitrogens with two attached hydrogens (primary N) is 1. The number of thioether (sulfide) groups is 1. The summed E-state index contributed by atoms with van der Waals surface area (Å²) in [5.74, 6) is 0.0768. The van der Waals surface area contributed by atoms with Crippen LogP contribution in [0.15, 0.2) is 47.9 Å². The van der Waals surface area contributed by atoms with E-state index in [0.29, 0.717) is 16.9 Å². The molecule has 1 nitrogen and oxygen atoms in total. The summed E-state index contributed by atoms with van der Waals surface area (Å²) < 4.78 is 13.3. The van der Waals surface area contributed by atoms with Crippen LogP contribution in [0, 0.1) is 11.7 Å². The van der Waals surface area contributed by atoms with Gasteiger partial charge in [0.05, 0.1) is 0 Å². The zero-order valence-corrected chi connectivity index (χ0v) is 9.95. The average molecular weight is 245 g/mol. The molecule has 0 aromatic heterocycles. The van der Waals surface area contributed by atoms with E-state index in [9.17, 15) is 4.39 Å². The minimum absolute atomic E-state index is 0.237. The topological polar surface area (TPSA) is 26.0 Å². The van der Waals surface area contributed by atoms with Crippen molar-refractivity contribution in [1.29, 1.82) is 0 Å². The van der Waals surface area contributed by atoms with Crippen molar-refractivity contribution in [1.82, 2.24) is 0 Å². The molecule has 3 rings (SSSR count). The van der Waals surface area contributed by atoms with Gasteiger partial charge in [0.2, 0.25) is 0 Å². The number of fused-ring (bicyclic) bond motifs is 1. The summed E-state index contributed by atoms with van der Waals surface area (Å²) in [5, 5.41) is 2.53. The highest BCUT2D eigenvalue weighted by Gasteiger charge is 2.29. The van der Waals surface area contributed by atoms with Crippen LogP contribution in [0.1, 0.15) is 5.56 Å². The van der Waals surface area contributed by atoms with E-state index in [1.165, 1.54) is 12.1 Å². The second-order valence-corrected chi connectivity index (χ2v) is 5.25. The summed E-state index contributed by atoms with van der Waals surface area (Å²) in [4.78, 5) is 0. The van der Waals surface area contributed by atoms with Crippen LogP contribution in [0.25, 0.3) is 5.57 Å². The fourth-order valence-corrected chi connectivity index (χ4v) is 3.43. The van der Waals surface area contributed by atoms with Crippen LogP contribution in [0.2, 0.25) is 0 Å². The first-order valence-corrected chi connectivity index (χ1v) is 6.46. The third-order valence-corrected chi connectivity index (χ3v) is 4.28. The smallest absolute Gasteiger partial charge is 0.123 e. The van der Waals surface area contributed by atoms with Crippen molar-refractivity contribution >= 4 is 23.0 Å². The molecule has 0 saturated carbocycles. The largest absolute Gasteiger partial charge is 0.398 e. The van der Waals surface area contributed by atoms with E-state index < -0.39 is 0 Å². The van der Waals surface area contributed by atoms with E-state index in [1.54, 1.807) is 17.8 Å². The molecule has 0 amide bonds. The predicted molar refractivity (Wildman–Crippen MR) is 71.9 cm³/mol. The molecule has 2 N–H and O–H groups in total. The van der Waals surface area contributed by atoms with Crippen LogP contribution in [-0.2, 0) is 0 Å². The Kier molecular flexibility index (Phi) is 2.56. The molecule has 2 aliphatic rings. The Labute approximate surface area is 104 Å². The van der Waals surface area contributed by atoms with Crippen molar-refractivity contribution in [2.45, 2.75) is 5.25 Å². The van der Waals surface area contributed by atoms with Crippen LogP contribution in [0.4, 0.5) is 10.1 Å². The maximum absolute atomic E-state index is 13.3. The Morgan fingerprint density at radius 1 is 1.18 bits per heavy atom. The van der Waals surface area contributed by atoms with Crippen molar-refractivity contribution in [2.75, 3.05) is 5.73 Å². The minimum atomic E-state index is -0.237. The highest BCUT2D eigenvalue weighted by atomic mass is 32.2. The summed E-state index contributed by atoms with van der Waals surface area (Å²) in [5.41, 5.74) is 8.52. The molecular weight excluding hydrogens is 233 g/mol. The zero-order valence-electron chi connectivity index (χ0n) is 9.14. The number of anilines is 1. The molecule has 2 unspecified atom stereocenters. The molecule has 17 heavy (non-hydrogen) atoms. The van der Waals surface area contributed by atoms with Gasteiger partial charge in [-0.3, -0.25) is 0 Å². The molecule has 0 fully saturated rings. The molecule has 1 heterocycles. The Morgan fingerprint density at radius 3 is 2.88 bits per heavy atom. The monoisotopic (exact) mass is 245 g/mol. The van der Waals surface area contributed by atoms with Gasteiger partial charge in [-0.2, -0.15) is 0 Å². The highest BCUT2D eigenvalue weighted by molar-refractivity contribution is 8.03. The van der Waals surface area contributed by atoms with E-state index in [2.05, 4.69) is 23.6 Å². The normalized spacial score (nSPS) is 25.8. The van der Waals surface area contributed by atoms with E-state index >= 15 is 0 Å². The summed E-state index contributed by atoms with van der Waals surface area (Å²) in [6, 6.07) is 4.55. The third kappa shape index (κ3) is 1.80. The quantitative estimate of drug-likeness (QED) is 0.765. The van der Waals surface area contributed by atoms with Gasteiger partial charge in [0, 0.05) is 22.4 Å². The highest BCUT2D eigenvalue weighted by Crippen LogP contribution is 2.45. The lowest BCUT2D eigenvalue weighted by Gasteiger charge is -2.19. The van der Waals surface area contributed by atoms with Gasteiger partial charge >= 0.3 is 0 Å². The van der Waals surface area contributed by atoms with Gasteiger partial charge in [-0.1, -0.05) is 24.3 Å². The third-order valence-electron chi connectivity index (χ3n) is 3.12. The maximum Gasteiger partial charge on any atom is 0.123 e. The van der Waals surface area contributed by atoms with E-state index in [1.807, 2.05) is 6.08 Å². The van der Waals surface area contributed by atoms with Crippen LogP contribution >= 0.6 is 11.8 Å². The second-order valence-electron chi connectivity index (χ2n) is 4.20. The van der Waals surface area contributed by atoms with Crippen molar-refractivity contribution in [3.63, 3.8) is 0 Å².